The molecule has 0 saturated carbocycles. The Morgan fingerprint density at radius 1 is 0.812 bits per heavy atom. The van der Waals surface area contributed by atoms with Crippen molar-refractivity contribution in [2.75, 3.05) is 32.0 Å². The lowest BCUT2D eigenvalue weighted by atomic mass is 10.2. The minimum atomic E-state index is -0.215. The molecule has 0 aliphatic heterocycles. The predicted molar refractivity (Wildman–Crippen MR) is 123 cm³/mol. The first kappa shape index (κ1) is 20.9. The van der Waals surface area contributed by atoms with Crippen LogP contribution in [0, 0.1) is 0 Å². The van der Waals surface area contributed by atoms with Crippen molar-refractivity contribution in [1.29, 1.82) is 0 Å². The van der Waals surface area contributed by atoms with E-state index in [1.54, 1.807) is 51.7 Å². The maximum Gasteiger partial charge on any atom is 0.255 e. The lowest BCUT2D eigenvalue weighted by Gasteiger charge is -2.12. The molecule has 32 heavy (non-hydrogen) atoms. The zero-order valence-electron chi connectivity index (χ0n) is 17.9. The highest BCUT2D eigenvalue weighted by Crippen LogP contribution is 2.34. The van der Waals surface area contributed by atoms with Crippen LogP contribution in [0.4, 0.5) is 17.2 Å². The first-order valence-electron chi connectivity index (χ1n) is 9.80. The second kappa shape index (κ2) is 9.22. The number of nitrogens with one attached hydrogen (secondary N) is 2. The standard InChI is InChI=1S/C24H22N4O4/c1-30-18-6-4-5-15(11-18)24(29)28-17-9-7-16(8-10-17)27-23-19-12-21(31-2)22(32-3)13-20(19)25-14-26-23/h4-14H,1-3H3,(H,28,29)(H,25,26,27). The fraction of sp³-hybridized carbons (Fsp3) is 0.125. The van der Waals surface area contributed by atoms with E-state index in [4.69, 9.17) is 14.2 Å². The number of hydrogen-bond donors (Lipinski definition) is 2. The van der Waals surface area contributed by atoms with Gasteiger partial charge in [0, 0.05) is 28.4 Å². The van der Waals surface area contributed by atoms with Crippen LogP contribution < -0.4 is 24.8 Å². The highest BCUT2D eigenvalue weighted by atomic mass is 16.5. The van der Waals surface area contributed by atoms with Gasteiger partial charge in [0.1, 0.15) is 17.9 Å². The Morgan fingerprint density at radius 2 is 1.53 bits per heavy atom. The van der Waals surface area contributed by atoms with Crippen LogP contribution in [0.3, 0.4) is 0 Å². The smallest absolute Gasteiger partial charge is 0.255 e. The van der Waals surface area contributed by atoms with E-state index in [-0.39, 0.29) is 5.91 Å². The van der Waals surface area contributed by atoms with Crippen molar-refractivity contribution in [3.8, 4) is 17.2 Å². The molecule has 8 nitrogen and oxygen atoms in total. The van der Waals surface area contributed by atoms with Crippen LogP contribution in [0.15, 0.2) is 67.0 Å². The molecular weight excluding hydrogens is 408 g/mol. The van der Waals surface area contributed by atoms with Crippen LogP contribution in [0.1, 0.15) is 10.4 Å². The molecule has 0 radical (unpaired) electrons. The number of hydrogen-bond acceptors (Lipinski definition) is 7. The summed E-state index contributed by atoms with van der Waals surface area (Å²) in [7, 11) is 4.73. The van der Waals surface area contributed by atoms with Gasteiger partial charge in [0.15, 0.2) is 11.5 Å². The van der Waals surface area contributed by atoms with E-state index in [2.05, 4.69) is 20.6 Å². The van der Waals surface area contributed by atoms with Crippen LogP contribution in [0.2, 0.25) is 0 Å². The van der Waals surface area contributed by atoms with Gasteiger partial charge in [0.25, 0.3) is 5.91 Å². The molecule has 0 saturated heterocycles. The monoisotopic (exact) mass is 430 g/mol. The number of methoxy groups -OCH3 is 3. The van der Waals surface area contributed by atoms with Gasteiger partial charge in [0.2, 0.25) is 0 Å². The van der Waals surface area contributed by atoms with Gasteiger partial charge in [-0.05, 0) is 48.5 Å². The Labute approximate surface area is 185 Å². The molecular formula is C24H22N4O4. The number of carbonyl (C=O) groups is 1. The average Bonchev–Trinajstić information content (AvgIpc) is 2.84. The molecule has 0 spiro atoms. The molecule has 4 aromatic rings. The number of nitrogens with zero attached hydrogens (tertiary/aromatic N) is 2. The van der Waals surface area contributed by atoms with Crippen molar-refractivity contribution >= 4 is 34.0 Å². The molecule has 1 aromatic heterocycles. The molecule has 162 valence electrons. The number of amides is 1. The fourth-order valence-corrected chi connectivity index (χ4v) is 3.22. The lowest BCUT2D eigenvalue weighted by molar-refractivity contribution is 0.102. The quantitative estimate of drug-likeness (QED) is 0.441. The maximum absolute atomic E-state index is 12.5. The molecule has 1 heterocycles. The third-order valence-corrected chi connectivity index (χ3v) is 4.88. The van der Waals surface area contributed by atoms with E-state index >= 15 is 0 Å². The number of ether oxygens (including phenoxy) is 3. The van der Waals surface area contributed by atoms with Gasteiger partial charge in [-0.1, -0.05) is 6.07 Å². The normalized spacial score (nSPS) is 10.5. The Morgan fingerprint density at radius 3 is 2.25 bits per heavy atom. The first-order valence-corrected chi connectivity index (χ1v) is 9.80. The molecule has 4 rings (SSSR count). The van der Waals surface area contributed by atoms with E-state index in [0.717, 1.165) is 16.6 Å². The van der Waals surface area contributed by atoms with Gasteiger partial charge in [-0.25, -0.2) is 9.97 Å². The summed E-state index contributed by atoms with van der Waals surface area (Å²) in [5.41, 5.74) is 2.71. The number of carbonyl (C=O) groups excluding carboxylic acids is 1. The Bertz CT molecular complexity index is 1260. The van der Waals surface area contributed by atoms with Gasteiger partial charge in [-0.15, -0.1) is 0 Å². The maximum atomic E-state index is 12.5. The lowest BCUT2D eigenvalue weighted by Crippen LogP contribution is -2.11. The number of anilines is 3. The van der Waals surface area contributed by atoms with Gasteiger partial charge in [-0.2, -0.15) is 0 Å². The molecule has 0 bridgehead atoms. The number of aromatic nitrogens is 2. The fourth-order valence-electron chi connectivity index (χ4n) is 3.22. The van der Waals surface area contributed by atoms with Crippen LogP contribution in [0.25, 0.3) is 10.9 Å². The van der Waals surface area contributed by atoms with E-state index in [1.807, 2.05) is 30.3 Å². The minimum Gasteiger partial charge on any atom is -0.497 e. The van der Waals surface area contributed by atoms with Crippen molar-refractivity contribution in [2.24, 2.45) is 0 Å². The highest BCUT2D eigenvalue weighted by Gasteiger charge is 2.12. The van der Waals surface area contributed by atoms with Crippen LogP contribution >= 0.6 is 0 Å². The molecule has 8 heteroatoms. The first-order chi connectivity index (χ1) is 15.6. The highest BCUT2D eigenvalue weighted by molar-refractivity contribution is 6.04. The van der Waals surface area contributed by atoms with Gasteiger partial charge < -0.3 is 24.8 Å². The van der Waals surface area contributed by atoms with Crippen LogP contribution in [-0.2, 0) is 0 Å². The van der Waals surface area contributed by atoms with Crippen molar-refractivity contribution in [1.82, 2.24) is 9.97 Å². The third-order valence-electron chi connectivity index (χ3n) is 4.88. The van der Waals surface area contributed by atoms with Gasteiger partial charge in [0.05, 0.1) is 26.8 Å². The topological polar surface area (TPSA) is 94.6 Å². The zero-order valence-corrected chi connectivity index (χ0v) is 17.9. The largest absolute Gasteiger partial charge is 0.497 e. The summed E-state index contributed by atoms with van der Waals surface area (Å²) in [6.45, 7) is 0. The Hall–Kier alpha value is -4.33. The molecule has 0 fully saturated rings. The number of rotatable bonds is 7. The Balaban J connectivity index is 1.52. The van der Waals surface area contributed by atoms with Crippen molar-refractivity contribution in [3.05, 3.63) is 72.6 Å². The second-order valence-corrected chi connectivity index (χ2v) is 6.84. The van der Waals surface area contributed by atoms with Crippen molar-refractivity contribution in [2.45, 2.75) is 0 Å². The molecule has 0 aliphatic carbocycles. The van der Waals surface area contributed by atoms with E-state index in [9.17, 15) is 4.79 Å². The number of benzene rings is 3. The van der Waals surface area contributed by atoms with Crippen molar-refractivity contribution < 1.29 is 19.0 Å². The van der Waals surface area contributed by atoms with Crippen LogP contribution in [-0.4, -0.2) is 37.2 Å². The third kappa shape index (κ3) is 4.39. The van der Waals surface area contributed by atoms with Crippen LogP contribution in [0.5, 0.6) is 17.2 Å². The zero-order chi connectivity index (χ0) is 22.5. The summed E-state index contributed by atoms with van der Waals surface area (Å²) in [5.74, 6) is 2.23. The summed E-state index contributed by atoms with van der Waals surface area (Å²) in [6, 6.07) is 18.0. The Kier molecular flexibility index (Phi) is 6.03. The molecule has 2 N–H and O–H groups in total. The summed E-state index contributed by atoms with van der Waals surface area (Å²) >= 11 is 0. The van der Waals surface area contributed by atoms with Gasteiger partial charge in [-0.3, -0.25) is 4.79 Å². The summed E-state index contributed by atoms with van der Waals surface area (Å²) in [6.07, 6.45) is 1.49. The minimum absolute atomic E-state index is 0.215. The van der Waals surface area contributed by atoms with Gasteiger partial charge >= 0.3 is 0 Å². The van der Waals surface area contributed by atoms with E-state index in [1.165, 1.54) is 6.33 Å². The van der Waals surface area contributed by atoms with E-state index < -0.39 is 0 Å². The predicted octanol–water partition coefficient (Wildman–Crippen LogP) is 4.65. The molecule has 0 aliphatic rings. The second-order valence-electron chi connectivity index (χ2n) is 6.84. The van der Waals surface area contributed by atoms with Crippen molar-refractivity contribution in [3.63, 3.8) is 0 Å². The average molecular weight is 430 g/mol. The molecule has 1 amide bonds. The summed E-state index contributed by atoms with van der Waals surface area (Å²) in [4.78, 5) is 21.2. The number of fused-ring (bicyclic) bond motifs is 1. The SMILES string of the molecule is COc1cccc(C(=O)Nc2ccc(Nc3ncnc4cc(OC)c(OC)cc34)cc2)c1. The summed E-state index contributed by atoms with van der Waals surface area (Å²) < 4.78 is 15.9. The molecule has 3 aromatic carbocycles. The summed E-state index contributed by atoms with van der Waals surface area (Å²) in [5, 5.41) is 6.96. The van der Waals surface area contributed by atoms with E-state index in [0.29, 0.717) is 34.3 Å². The molecule has 0 atom stereocenters. The molecule has 0 unspecified atom stereocenters.